The second-order valence-electron chi connectivity index (χ2n) is 3.91. The van der Waals surface area contributed by atoms with Gasteiger partial charge in [0.25, 0.3) is 0 Å². The zero-order valence-electron chi connectivity index (χ0n) is 10.8. The van der Waals surface area contributed by atoms with Crippen molar-refractivity contribution >= 4 is 29.7 Å². The lowest BCUT2D eigenvalue weighted by Gasteiger charge is -2.30. The van der Waals surface area contributed by atoms with Gasteiger partial charge in [0, 0.05) is 18.8 Å². The Hall–Kier alpha value is -1.44. The van der Waals surface area contributed by atoms with Gasteiger partial charge in [-0.25, -0.2) is 4.79 Å². The second kappa shape index (κ2) is 7.80. The third-order valence-electron chi connectivity index (χ3n) is 2.31. The molecule has 0 aliphatic rings. The molecular formula is C10H19N3O4S. The maximum atomic E-state index is 12.0. The van der Waals surface area contributed by atoms with Gasteiger partial charge in [-0.2, -0.15) is 11.8 Å². The highest BCUT2D eigenvalue weighted by Crippen LogP contribution is 2.07. The summed E-state index contributed by atoms with van der Waals surface area (Å²) in [6.07, 6.45) is 1.91. The Morgan fingerprint density at radius 1 is 1.33 bits per heavy atom. The number of thioether (sulfide) groups is 1. The number of urea groups is 1. The predicted octanol–water partition coefficient (Wildman–Crippen LogP) is -0.338. The van der Waals surface area contributed by atoms with Crippen molar-refractivity contribution in [2.45, 2.75) is 13.0 Å². The summed E-state index contributed by atoms with van der Waals surface area (Å²) in [6.45, 7) is 0.900. The highest BCUT2D eigenvalue weighted by molar-refractivity contribution is 7.98. The van der Waals surface area contributed by atoms with Crippen LogP contribution in [0.3, 0.4) is 0 Å². The van der Waals surface area contributed by atoms with Crippen LogP contribution in [0.25, 0.3) is 0 Å². The molecule has 7 nitrogen and oxygen atoms in total. The molecule has 104 valence electrons. The molecular weight excluding hydrogens is 258 g/mol. The van der Waals surface area contributed by atoms with E-state index in [4.69, 9.17) is 10.8 Å². The maximum absolute atomic E-state index is 12.0. The molecule has 0 fully saturated rings. The molecule has 0 spiro atoms. The molecule has 0 saturated carbocycles. The van der Waals surface area contributed by atoms with Crippen LogP contribution in [0.2, 0.25) is 0 Å². The molecule has 0 bridgehead atoms. The lowest BCUT2D eigenvalue weighted by Crippen LogP contribution is -2.50. The van der Waals surface area contributed by atoms with Crippen LogP contribution < -0.4 is 5.73 Å². The van der Waals surface area contributed by atoms with Gasteiger partial charge < -0.3 is 20.6 Å². The summed E-state index contributed by atoms with van der Waals surface area (Å²) in [5, 5.41) is 8.70. The average molecular weight is 277 g/mol. The minimum atomic E-state index is -1.18. The summed E-state index contributed by atoms with van der Waals surface area (Å²) in [4.78, 5) is 35.8. The van der Waals surface area contributed by atoms with Gasteiger partial charge in [-0.15, -0.1) is 0 Å². The average Bonchev–Trinajstić information content (AvgIpc) is 2.25. The summed E-state index contributed by atoms with van der Waals surface area (Å²) < 4.78 is 0. The zero-order valence-corrected chi connectivity index (χ0v) is 11.6. The molecule has 0 radical (unpaired) electrons. The molecule has 0 aromatic heterocycles. The van der Waals surface area contributed by atoms with E-state index in [1.165, 1.54) is 4.90 Å². The topological polar surface area (TPSA) is 104 Å². The van der Waals surface area contributed by atoms with Crippen LogP contribution in [0.1, 0.15) is 6.92 Å². The lowest BCUT2D eigenvalue weighted by molar-refractivity contribution is -0.138. The molecule has 0 heterocycles. The van der Waals surface area contributed by atoms with E-state index in [1.807, 2.05) is 13.2 Å². The Kier molecular flexibility index (Phi) is 7.18. The predicted molar refractivity (Wildman–Crippen MR) is 69.4 cm³/mol. The first-order valence-electron chi connectivity index (χ1n) is 5.30. The highest BCUT2D eigenvalue weighted by atomic mass is 32.2. The van der Waals surface area contributed by atoms with Crippen molar-refractivity contribution in [1.82, 2.24) is 9.80 Å². The normalized spacial score (nSPS) is 11.7. The van der Waals surface area contributed by atoms with Gasteiger partial charge in [0.15, 0.2) is 0 Å². The first-order valence-corrected chi connectivity index (χ1v) is 6.69. The second-order valence-corrected chi connectivity index (χ2v) is 4.82. The van der Waals surface area contributed by atoms with Crippen molar-refractivity contribution in [3.8, 4) is 0 Å². The van der Waals surface area contributed by atoms with E-state index < -0.39 is 31.0 Å². The number of hydrogen-bond acceptors (Lipinski definition) is 4. The SMILES string of the molecule is CSCC(C)N(C)C(=O)N(CC(N)=O)CC(=O)O. The van der Waals surface area contributed by atoms with E-state index in [1.54, 1.807) is 18.8 Å². The molecule has 3 N–H and O–H groups in total. The number of carbonyl (C=O) groups excluding carboxylic acids is 2. The quantitative estimate of drug-likeness (QED) is 0.662. The fourth-order valence-corrected chi connectivity index (χ4v) is 2.01. The van der Waals surface area contributed by atoms with Gasteiger partial charge >= 0.3 is 12.0 Å². The molecule has 3 amide bonds. The number of nitrogens with two attached hydrogens (primary N) is 1. The molecule has 0 aromatic rings. The lowest BCUT2D eigenvalue weighted by atomic mass is 10.3. The first kappa shape index (κ1) is 16.6. The molecule has 0 aliphatic carbocycles. The van der Waals surface area contributed by atoms with Crippen molar-refractivity contribution in [1.29, 1.82) is 0 Å². The molecule has 18 heavy (non-hydrogen) atoms. The number of amides is 3. The number of carbonyl (C=O) groups is 3. The van der Waals surface area contributed by atoms with Crippen LogP contribution in [-0.2, 0) is 9.59 Å². The summed E-state index contributed by atoms with van der Waals surface area (Å²) in [6, 6.07) is -0.575. The van der Waals surface area contributed by atoms with Crippen molar-refractivity contribution < 1.29 is 19.5 Å². The van der Waals surface area contributed by atoms with E-state index in [9.17, 15) is 14.4 Å². The van der Waals surface area contributed by atoms with Gasteiger partial charge in [0.05, 0.1) is 0 Å². The molecule has 0 aliphatic heterocycles. The summed E-state index contributed by atoms with van der Waals surface area (Å²) >= 11 is 1.57. The zero-order chi connectivity index (χ0) is 14.3. The van der Waals surface area contributed by atoms with Gasteiger partial charge in [0.2, 0.25) is 5.91 Å². The monoisotopic (exact) mass is 277 g/mol. The first-order chi connectivity index (χ1) is 8.29. The molecule has 1 unspecified atom stereocenters. The molecule has 1 atom stereocenters. The number of nitrogens with zero attached hydrogens (tertiary/aromatic N) is 2. The Labute approximate surface area is 110 Å². The Morgan fingerprint density at radius 2 is 1.89 bits per heavy atom. The van der Waals surface area contributed by atoms with E-state index >= 15 is 0 Å². The molecule has 8 heteroatoms. The standard InChI is InChI=1S/C10H19N3O4S/c1-7(6-18-3)12(2)10(17)13(4-8(11)14)5-9(15)16/h7H,4-6H2,1-3H3,(H2,11,14)(H,15,16). The smallest absolute Gasteiger partial charge is 0.323 e. The van der Waals surface area contributed by atoms with Crippen LogP contribution >= 0.6 is 11.8 Å². The van der Waals surface area contributed by atoms with E-state index in [2.05, 4.69) is 0 Å². The number of aliphatic carboxylic acids is 1. The van der Waals surface area contributed by atoms with E-state index in [0.29, 0.717) is 0 Å². The molecule has 0 rings (SSSR count). The fraction of sp³-hybridized carbons (Fsp3) is 0.700. The molecule has 0 aromatic carbocycles. The summed E-state index contributed by atoms with van der Waals surface area (Å²) in [5.41, 5.74) is 4.99. The number of rotatable bonds is 7. The minimum Gasteiger partial charge on any atom is -0.480 e. The maximum Gasteiger partial charge on any atom is 0.323 e. The fourth-order valence-electron chi connectivity index (χ4n) is 1.31. The molecule has 0 saturated heterocycles. The van der Waals surface area contributed by atoms with Gasteiger partial charge in [-0.1, -0.05) is 0 Å². The van der Waals surface area contributed by atoms with Gasteiger partial charge in [-0.3, -0.25) is 9.59 Å². The van der Waals surface area contributed by atoms with Gasteiger partial charge in [0.1, 0.15) is 13.1 Å². The highest BCUT2D eigenvalue weighted by Gasteiger charge is 2.24. The van der Waals surface area contributed by atoms with Crippen molar-refractivity contribution in [3.05, 3.63) is 0 Å². The third-order valence-corrected chi connectivity index (χ3v) is 3.13. The van der Waals surface area contributed by atoms with Crippen LogP contribution in [0.4, 0.5) is 4.79 Å². The van der Waals surface area contributed by atoms with Crippen molar-refractivity contribution in [2.75, 3.05) is 32.1 Å². The van der Waals surface area contributed by atoms with Crippen LogP contribution in [-0.4, -0.2) is 71.0 Å². The minimum absolute atomic E-state index is 0.0586. The number of hydrogen-bond donors (Lipinski definition) is 2. The number of primary amides is 1. The number of carboxylic acid groups (broad SMARTS) is 1. The summed E-state index contributed by atoms with van der Waals surface area (Å²) in [5.74, 6) is -1.20. The Bertz CT molecular complexity index is 308. The van der Waals surface area contributed by atoms with Gasteiger partial charge in [-0.05, 0) is 13.2 Å². The van der Waals surface area contributed by atoms with E-state index in [0.717, 1.165) is 10.7 Å². The summed E-state index contributed by atoms with van der Waals surface area (Å²) in [7, 11) is 1.57. The van der Waals surface area contributed by atoms with Crippen molar-refractivity contribution in [2.24, 2.45) is 5.73 Å². The van der Waals surface area contributed by atoms with Crippen LogP contribution in [0, 0.1) is 0 Å². The Morgan fingerprint density at radius 3 is 2.28 bits per heavy atom. The number of carboxylic acids is 1. The Balaban J connectivity index is 4.71. The van der Waals surface area contributed by atoms with Crippen LogP contribution in [0.5, 0.6) is 0 Å². The largest absolute Gasteiger partial charge is 0.480 e. The third kappa shape index (κ3) is 5.76. The van der Waals surface area contributed by atoms with E-state index in [-0.39, 0.29) is 6.04 Å². The van der Waals surface area contributed by atoms with Crippen molar-refractivity contribution in [3.63, 3.8) is 0 Å². The van der Waals surface area contributed by atoms with Crippen LogP contribution in [0.15, 0.2) is 0 Å².